The van der Waals surface area contributed by atoms with Crippen molar-refractivity contribution in [3.8, 4) is 5.69 Å². The molecule has 1 atom stereocenters. The number of benzene rings is 2. The number of hydrogen-bond acceptors (Lipinski definition) is 4. The lowest BCUT2D eigenvalue weighted by molar-refractivity contribution is 0.0940. The second-order valence-electron chi connectivity index (χ2n) is 7.08. The number of aromatic nitrogens is 2. The van der Waals surface area contributed by atoms with Crippen LogP contribution >= 0.6 is 0 Å². The van der Waals surface area contributed by atoms with E-state index >= 15 is 0 Å². The minimum absolute atomic E-state index is 0.240. The maximum absolute atomic E-state index is 12.6. The summed E-state index contributed by atoms with van der Waals surface area (Å²) in [7, 11) is -3.35. The summed E-state index contributed by atoms with van der Waals surface area (Å²) in [6.07, 6.45) is 2.84. The standard InChI is InChI=1S/C21H24N4O3S/c1-14-5-11-19(12-6-14)25-16(3)20(13-22-25)15(2)23-21(26)17-7-9-18(10-8-17)24-29(4,27)28/h5-13,15,24H,1-4H3,(H,23,26)/t15-/m0/s1. The molecule has 3 aromatic rings. The largest absolute Gasteiger partial charge is 0.345 e. The van der Waals surface area contributed by atoms with E-state index in [1.54, 1.807) is 30.5 Å². The van der Waals surface area contributed by atoms with Crippen molar-refractivity contribution in [3.05, 3.63) is 77.1 Å². The average molecular weight is 413 g/mol. The number of nitrogens with zero attached hydrogens (tertiary/aromatic N) is 2. The first-order valence-electron chi connectivity index (χ1n) is 9.14. The Labute approximate surface area is 170 Å². The van der Waals surface area contributed by atoms with Gasteiger partial charge in [-0.1, -0.05) is 17.7 Å². The van der Waals surface area contributed by atoms with Gasteiger partial charge in [-0.25, -0.2) is 13.1 Å². The van der Waals surface area contributed by atoms with Crippen LogP contribution < -0.4 is 10.0 Å². The Morgan fingerprint density at radius 1 is 1.03 bits per heavy atom. The fraction of sp³-hybridized carbons (Fsp3) is 0.238. The lowest BCUT2D eigenvalue weighted by Gasteiger charge is -2.14. The third-order valence-corrected chi connectivity index (χ3v) is 5.20. The summed E-state index contributed by atoms with van der Waals surface area (Å²) in [4.78, 5) is 12.6. The Morgan fingerprint density at radius 2 is 1.66 bits per heavy atom. The number of hydrogen-bond donors (Lipinski definition) is 2. The van der Waals surface area contributed by atoms with Gasteiger partial charge in [-0.3, -0.25) is 9.52 Å². The second-order valence-corrected chi connectivity index (χ2v) is 8.83. The first kappa shape index (κ1) is 20.6. The van der Waals surface area contributed by atoms with Gasteiger partial charge in [0.25, 0.3) is 5.91 Å². The maximum Gasteiger partial charge on any atom is 0.251 e. The molecule has 0 bridgehead atoms. The molecule has 0 saturated heterocycles. The third-order valence-electron chi connectivity index (χ3n) is 4.59. The monoisotopic (exact) mass is 412 g/mol. The molecule has 1 amide bonds. The van der Waals surface area contributed by atoms with Gasteiger partial charge in [0.2, 0.25) is 10.0 Å². The Morgan fingerprint density at radius 3 is 2.24 bits per heavy atom. The van der Waals surface area contributed by atoms with Gasteiger partial charge in [-0.15, -0.1) is 0 Å². The van der Waals surface area contributed by atoms with Gasteiger partial charge in [0.15, 0.2) is 0 Å². The molecule has 0 aliphatic heterocycles. The molecule has 2 N–H and O–H groups in total. The van der Waals surface area contributed by atoms with Crippen LogP contribution in [0.5, 0.6) is 0 Å². The molecule has 3 rings (SSSR count). The van der Waals surface area contributed by atoms with Gasteiger partial charge in [0.05, 0.1) is 24.2 Å². The highest BCUT2D eigenvalue weighted by Crippen LogP contribution is 2.21. The van der Waals surface area contributed by atoms with E-state index in [4.69, 9.17) is 0 Å². The summed E-state index contributed by atoms with van der Waals surface area (Å²) in [5.74, 6) is -0.245. The Hall–Kier alpha value is -3.13. The van der Waals surface area contributed by atoms with E-state index in [2.05, 4.69) is 15.1 Å². The first-order chi connectivity index (χ1) is 13.6. The van der Waals surface area contributed by atoms with E-state index in [0.717, 1.165) is 23.2 Å². The van der Waals surface area contributed by atoms with Crippen molar-refractivity contribution in [1.29, 1.82) is 0 Å². The van der Waals surface area contributed by atoms with Crippen molar-refractivity contribution < 1.29 is 13.2 Å². The van der Waals surface area contributed by atoms with Crippen LogP contribution in [0.25, 0.3) is 5.69 Å². The fourth-order valence-electron chi connectivity index (χ4n) is 3.06. The van der Waals surface area contributed by atoms with Crippen LogP contribution in [0.4, 0.5) is 5.69 Å². The summed E-state index contributed by atoms with van der Waals surface area (Å²) in [6, 6.07) is 14.1. The van der Waals surface area contributed by atoms with Gasteiger partial charge in [-0.2, -0.15) is 5.10 Å². The van der Waals surface area contributed by atoms with Gasteiger partial charge in [0.1, 0.15) is 0 Å². The number of carbonyl (C=O) groups excluding carboxylic acids is 1. The summed E-state index contributed by atoms with van der Waals surface area (Å²) in [5, 5.41) is 7.43. The number of aryl methyl sites for hydroxylation is 1. The van der Waals surface area contributed by atoms with Crippen molar-refractivity contribution in [2.75, 3.05) is 11.0 Å². The van der Waals surface area contributed by atoms with E-state index in [1.807, 2.05) is 49.7 Å². The number of nitrogens with one attached hydrogen (secondary N) is 2. The Balaban J connectivity index is 1.72. The lowest BCUT2D eigenvalue weighted by Crippen LogP contribution is -2.27. The van der Waals surface area contributed by atoms with Crippen LogP contribution in [0.15, 0.2) is 54.7 Å². The molecule has 152 valence electrons. The zero-order valence-corrected chi connectivity index (χ0v) is 17.6. The van der Waals surface area contributed by atoms with Crippen molar-refractivity contribution >= 4 is 21.6 Å². The molecule has 0 aliphatic carbocycles. The van der Waals surface area contributed by atoms with Crippen molar-refractivity contribution in [1.82, 2.24) is 15.1 Å². The van der Waals surface area contributed by atoms with Crippen LogP contribution in [0, 0.1) is 13.8 Å². The molecule has 2 aromatic carbocycles. The van der Waals surface area contributed by atoms with Crippen LogP contribution in [0.3, 0.4) is 0 Å². The van der Waals surface area contributed by atoms with Crippen molar-refractivity contribution in [2.24, 2.45) is 0 Å². The molecular weight excluding hydrogens is 388 g/mol. The number of sulfonamides is 1. The number of carbonyl (C=O) groups is 1. The summed E-state index contributed by atoms with van der Waals surface area (Å²) in [6.45, 7) is 5.91. The SMILES string of the molecule is Cc1ccc(-n2ncc([C@H](C)NC(=O)c3ccc(NS(C)(=O)=O)cc3)c2C)cc1. The molecule has 0 radical (unpaired) electrons. The van der Waals surface area contributed by atoms with Gasteiger partial charge in [-0.05, 0) is 57.2 Å². The minimum atomic E-state index is -3.35. The molecule has 8 heteroatoms. The van der Waals surface area contributed by atoms with E-state index in [0.29, 0.717) is 11.3 Å². The minimum Gasteiger partial charge on any atom is -0.345 e. The predicted octanol–water partition coefficient (Wildman–Crippen LogP) is 3.35. The van der Waals surface area contributed by atoms with E-state index < -0.39 is 10.0 Å². The normalized spacial score (nSPS) is 12.4. The molecule has 1 aromatic heterocycles. The van der Waals surface area contributed by atoms with E-state index in [-0.39, 0.29) is 11.9 Å². The summed E-state index contributed by atoms with van der Waals surface area (Å²) in [5.41, 5.74) is 4.87. The molecule has 0 spiro atoms. The number of anilines is 1. The smallest absolute Gasteiger partial charge is 0.251 e. The van der Waals surface area contributed by atoms with Crippen LogP contribution in [0.1, 0.15) is 40.1 Å². The first-order valence-corrected chi connectivity index (χ1v) is 11.0. The topological polar surface area (TPSA) is 93.1 Å². The molecule has 7 nitrogen and oxygen atoms in total. The van der Waals surface area contributed by atoms with Crippen LogP contribution in [-0.2, 0) is 10.0 Å². The maximum atomic E-state index is 12.6. The second kappa shape index (κ2) is 8.08. The van der Waals surface area contributed by atoms with Gasteiger partial charge in [0, 0.05) is 22.5 Å². The quantitative estimate of drug-likeness (QED) is 0.649. The predicted molar refractivity (Wildman–Crippen MR) is 114 cm³/mol. The molecular formula is C21H24N4O3S. The average Bonchev–Trinajstić information content (AvgIpc) is 3.03. The highest BCUT2D eigenvalue weighted by molar-refractivity contribution is 7.92. The van der Waals surface area contributed by atoms with Gasteiger partial charge < -0.3 is 5.32 Å². The van der Waals surface area contributed by atoms with Crippen LogP contribution in [-0.4, -0.2) is 30.4 Å². The number of amides is 1. The van der Waals surface area contributed by atoms with E-state index in [1.165, 1.54) is 5.56 Å². The molecule has 0 fully saturated rings. The summed E-state index contributed by atoms with van der Waals surface area (Å²) < 4.78 is 26.8. The fourth-order valence-corrected chi connectivity index (χ4v) is 3.62. The zero-order valence-electron chi connectivity index (χ0n) is 16.8. The Kier molecular flexibility index (Phi) is 5.74. The van der Waals surface area contributed by atoms with E-state index in [9.17, 15) is 13.2 Å². The molecule has 1 heterocycles. The molecule has 0 aliphatic rings. The Bertz CT molecular complexity index is 1120. The third kappa shape index (κ3) is 5.03. The zero-order chi connectivity index (χ0) is 21.2. The lowest BCUT2D eigenvalue weighted by atomic mass is 10.1. The highest BCUT2D eigenvalue weighted by atomic mass is 32.2. The van der Waals surface area contributed by atoms with Crippen molar-refractivity contribution in [3.63, 3.8) is 0 Å². The summed E-state index contributed by atoms with van der Waals surface area (Å²) >= 11 is 0. The highest BCUT2D eigenvalue weighted by Gasteiger charge is 2.17. The molecule has 0 unspecified atom stereocenters. The van der Waals surface area contributed by atoms with Crippen LogP contribution in [0.2, 0.25) is 0 Å². The van der Waals surface area contributed by atoms with Gasteiger partial charge >= 0.3 is 0 Å². The molecule has 0 saturated carbocycles. The number of rotatable bonds is 6. The van der Waals surface area contributed by atoms with Crippen molar-refractivity contribution in [2.45, 2.75) is 26.8 Å². The molecule has 29 heavy (non-hydrogen) atoms.